The summed E-state index contributed by atoms with van der Waals surface area (Å²) in [5.74, 6) is 0. The van der Waals surface area contributed by atoms with Crippen LogP contribution < -0.4 is 5.73 Å². The smallest absolute Gasteiger partial charge is 0.0422 e. The maximum atomic E-state index is 6.50. The fraction of sp³-hybridized carbons (Fsp3) is 0.474. The summed E-state index contributed by atoms with van der Waals surface area (Å²) < 4.78 is 0. The minimum atomic E-state index is -0.270. The van der Waals surface area contributed by atoms with Crippen LogP contribution in [-0.4, -0.2) is 5.54 Å². The summed E-state index contributed by atoms with van der Waals surface area (Å²) in [4.78, 5) is 0. The van der Waals surface area contributed by atoms with Gasteiger partial charge in [0.25, 0.3) is 0 Å². The zero-order valence-corrected chi connectivity index (χ0v) is 13.7. The van der Waals surface area contributed by atoms with Crippen molar-refractivity contribution in [2.45, 2.75) is 58.9 Å². The van der Waals surface area contributed by atoms with Gasteiger partial charge in [0.1, 0.15) is 0 Å². The second kappa shape index (κ2) is 4.89. The Morgan fingerprint density at radius 3 is 2.10 bits per heavy atom. The molecule has 0 saturated carbocycles. The highest BCUT2D eigenvalue weighted by atomic mass is 14.7. The van der Waals surface area contributed by atoms with Gasteiger partial charge in [0.15, 0.2) is 0 Å². The first kappa shape index (κ1) is 15.1. The summed E-state index contributed by atoms with van der Waals surface area (Å²) in [7, 11) is 0. The highest BCUT2D eigenvalue weighted by Gasteiger charge is 2.28. The fourth-order valence-electron chi connectivity index (χ4n) is 2.97. The molecule has 1 heteroatoms. The topological polar surface area (TPSA) is 26.0 Å². The van der Waals surface area contributed by atoms with Gasteiger partial charge >= 0.3 is 0 Å². The summed E-state index contributed by atoms with van der Waals surface area (Å²) in [6.07, 6.45) is 7.35. The van der Waals surface area contributed by atoms with Crippen molar-refractivity contribution in [1.29, 1.82) is 0 Å². The molecule has 0 spiro atoms. The van der Waals surface area contributed by atoms with E-state index < -0.39 is 0 Å². The highest BCUT2D eigenvalue weighted by Crippen LogP contribution is 2.37. The number of allylic oxidation sites excluding steroid dienone is 2. The first-order valence-corrected chi connectivity index (χ1v) is 7.41. The molecule has 0 heterocycles. The third-order valence-corrected chi connectivity index (χ3v) is 4.22. The van der Waals surface area contributed by atoms with Gasteiger partial charge in [-0.2, -0.15) is 0 Å². The van der Waals surface area contributed by atoms with E-state index in [9.17, 15) is 0 Å². The van der Waals surface area contributed by atoms with Gasteiger partial charge in [-0.05, 0) is 60.4 Å². The van der Waals surface area contributed by atoms with E-state index in [1.165, 1.54) is 27.8 Å². The van der Waals surface area contributed by atoms with E-state index in [1.54, 1.807) is 0 Å². The second-order valence-corrected chi connectivity index (χ2v) is 7.37. The molecule has 2 rings (SSSR count). The van der Waals surface area contributed by atoms with Crippen molar-refractivity contribution < 1.29 is 0 Å². The molecule has 0 amide bonds. The SMILES string of the molecule is Cc1cc(C(C)(C)C)cc(C)c1C1=CC=CC[C@@]1(C)N. The van der Waals surface area contributed by atoms with Crippen molar-refractivity contribution in [3.8, 4) is 0 Å². The molecule has 1 atom stereocenters. The van der Waals surface area contributed by atoms with E-state index in [-0.39, 0.29) is 11.0 Å². The Morgan fingerprint density at radius 1 is 1.10 bits per heavy atom. The maximum absolute atomic E-state index is 6.50. The van der Waals surface area contributed by atoms with Gasteiger partial charge in [-0.1, -0.05) is 51.1 Å². The van der Waals surface area contributed by atoms with E-state index >= 15 is 0 Å². The zero-order valence-electron chi connectivity index (χ0n) is 13.7. The Morgan fingerprint density at radius 2 is 1.65 bits per heavy atom. The van der Waals surface area contributed by atoms with Crippen LogP contribution in [0.25, 0.3) is 5.57 Å². The largest absolute Gasteiger partial charge is 0.321 e. The average Bonchev–Trinajstić information content (AvgIpc) is 2.28. The minimum absolute atomic E-state index is 0.181. The summed E-state index contributed by atoms with van der Waals surface area (Å²) >= 11 is 0. The Labute approximate surface area is 123 Å². The monoisotopic (exact) mass is 269 g/mol. The molecular formula is C19H27N. The average molecular weight is 269 g/mol. The number of rotatable bonds is 1. The lowest BCUT2D eigenvalue weighted by Gasteiger charge is -2.32. The molecule has 1 aromatic carbocycles. The molecule has 1 aliphatic carbocycles. The molecule has 0 saturated heterocycles. The number of aryl methyl sites for hydroxylation is 2. The third kappa shape index (κ3) is 2.73. The molecule has 0 fully saturated rings. The predicted molar refractivity (Wildman–Crippen MR) is 88.9 cm³/mol. The molecular weight excluding hydrogens is 242 g/mol. The zero-order chi connectivity index (χ0) is 15.1. The predicted octanol–water partition coefficient (Wildman–Crippen LogP) is 4.66. The number of benzene rings is 1. The van der Waals surface area contributed by atoms with Crippen molar-refractivity contribution >= 4 is 5.57 Å². The van der Waals surface area contributed by atoms with E-state index in [0.717, 1.165) is 6.42 Å². The normalized spacial score (nSPS) is 22.9. The third-order valence-electron chi connectivity index (χ3n) is 4.22. The van der Waals surface area contributed by atoms with Crippen molar-refractivity contribution in [1.82, 2.24) is 0 Å². The highest BCUT2D eigenvalue weighted by molar-refractivity contribution is 5.79. The van der Waals surface area contributed by atoms with Crippen molar-refractivity contribution in [3.05, 3.63) is 52.6 Å². The molecule has 0 unspecified atom stereocenters. The van der Waals surface area contributed by atoms with Gasteiger partial charge in [-0.3, -0.25) is 0 Å². The lowest BCUT2D eigenvalue weighted by molar-refractivity contribution is 0.588. The molecule has 2 N–H and O–H groups in total. The Balaban J connectivity index is 2.60. The van der Waals surface area contributed by atoms with Crippen LogP contribution in [0.2, 0.25) is 0 Å². The molecule has 1 aliphatic rings. The summed E-state index contributed by atoms with van der Waals surface area (Å²) in [5, 5.41) is 0. The van der Waals surface area contributed by atoms with E-state index in [2.05, 4.69) is 71.9 Å². The first-order valence-electron chi connectivity index (χ1n) is 7.41. The molecule has 108 valence electrons. The van der Waals surface area contributed by atoms with Crippen LogP contribution in [0.15, 0.2) is 30.4 Å². The van der Waals surface area contributed by atoms with Gasteiger partial charge in [0, 0.05) is 5.54 Å². The molecule has 1 aromatic rings. The molecule has 0 bridgehead atoms. The minimum Gasteiger partial charge on any atom is -0.321 e. The van der Waals surface area contributed by atoms with Crippen LogP contribution in [0.4, 0.5) is 0 Å². The van der Waals surface area contributed by atoms with E-state index in [1.807, 2.05) is 0 Å². The van der Waals surface area contributed by atoms with Crippen LogP contribution in [0.1, 0.15) is 56.4 Å². The summed E-state index contributed by atoms with van der Waals surface area (Å²) in [6, 6.07) is 4.63. The Kier molecular flexibility index (Phi) is 3.68. The van der Waals surface area contributed by atoms with Gasteiger partial charge in [0.05, 0.1) is 0 Å². The number of hydrogen-bond acceptors (Lipinski definition) is 1. The molecule has 0 aliphatic heterocycles. The van der Waals surface area contributed by atoms with Crippen LogP contribution in [0, 0.1) is 13.8 Å². The number of hydrogen-bond donors (Lipinski definition) is 1. The van der Waals surface area contributed by atoms with Gasteiger partial charge in [0.2, 0.25) is 0 Å². The Bertz CT molecular complexity index is 557. The lowest BCUT2D eigenvalue weighted by atomic mass is 9.76. The van der Waals surface area contributed by atoms with Crippen LogP contribution in [0.5, 0.6) is 0 Å². The Hall–Kier alpha value is -1.34. The van der Waals surface area contributed by atoms with Crippen LogP contribution in [-0.2, 0) is 5.41 Å². The van der Waals surface area contributed by atoms with Crippen molar-refractivity contribution in [3.63, 3.8) is 0 Å². The molecule has 20 heavy (non-hydrogen) atoms. The van der Waals surface area contributed by atoms with E-state index in [4.69, 9.17) is 5.73 Å². The van der Waals surface area contributed by atoms with Crippen molar-refractivity contribution in [2.24, 2.45) is 5.73 Å². The molecule has 0 aromatic heterocycles. The second-order valence-electron chi connectivity index (χ2n) is 7.37. The fourth-order valence-corrected chi connectivity index (χ4v) is 2.97. The number of nitrogens with two attached hydrogens (primary N) is 1. The lowest BCUT2D eigenvalue weighted by Crippen LogP contribution is -2.38. The quantitative estimate of drug-likeness (QED) is 0.788. The first-order chi connectivity index (χ1) is 9.13. The van der Waals surface area contributed by atoms with Crippen LogP contribution in [0.3, 0.4) is 0 Å². The maximum Gasteiger partial charge on any atom is 0.0422 e. The molecule has 1 nitrogen and oxygen atoms in total. The van der Waals surface area contributed by atoms with Gasteiger partial charge in [-0.15, -0.1) is 0 Å². The standard InChI is InChI=1S/C19H27N/c1-13-11-15(18(3,4)5)12-14(2)17(13)16-9-7-8-10-19(16,6)20/h7-9,11-12H,10,20H2,1-6H3/t19-/m1/s1. The summed E-state index contributed by atoms with van der Waals surface area (Å²) in [5.41, 5.74) is 13.0. The summed E-state index contributed by atoms with van der Waals surface area (Å²) in [6.45, 7) is 13.3. The molecule has 0 radical (unpaired) electrons. The van der Waals surface area contributed by atoms with Crippen molar-refractivity contribution in [2.75, 3.05) is 0 Å². The van der Waals surface area contributed by atoms with Gasteiger partial charge < -0.3 is 5.73 Å². The van der Waals surface area contributed by atoms with Gasteiger partial charge in [-0.25, -0.2) is 0 Å². The van der Waals surface area contributed by atoms with Crippen LogP contribution >= 0.6 is 0 Å². The van der Waals surface area contributed by atoms with E-state index in [0.29, 0.717) is 0 Å².